The van der Waals surface area contributed by atoms with Crippen molar-refractivity contribution < 1.29 is 4.79 Å². The number of rotatable bonds is 5. The number of aryl methyl sites for hydroxylation is 2. The number of halogens is 1. The van der Waals surface area contributed by atoms with Crippen molar-refractivity contribution in [3.63, 3.8) is 0 Å². The van der Waals surface area contributed by atoms with Crippen LogP contribution in [-0.4, -0.2) is 15.7 Å². The summed E-state index contributed by atoms with van der Waals surface area (Å²) in [6.45, 7) is 1.86. The molecular formula is C20H18ClN3OS. The molecule has 0 saturated carbocycles. The van der Waals surface area contributed by atoms with Crippen molar-refractivity contribution in [1.29, 1.82) is 0 Å². The molecule has 0 atom stereocenters. The highest BCUT2D eigenvalue weighted by Crippen LogP contribution is 2.33. The summed E-state index contributed by atoms with van der Waals surface area (Å²) in [5, 5.41) is 7.67. The number of benzene rings is 2. The third kappa shape index (κ3) is 4.36. The summed E-state index contributed by atoms with van der Waals surface area (Å²) < 4.78 is 1.58. The van der Waals surface area contributed by atoms with Crippen molar-refractivity contribution in [3.8, 4) is 0 Å². The molecule has 6 heteroatoms. The number of nitrogens with one attached hydrogen (secondary N) is 1. The van der Waals surface area contributed by atoms with E-state index in [1.165, 1.54) is 6.08 Å². The van der Waals surface area contributed by atoms with Crippen molar-refractivity contribution in [1.82, 2.24) is 9.78 Å². The molecule has 0 saturated heterocycles. The van der Waals surface area contributed by atoms with Crippen LogP contribution >= 0.6 is 23.4 Å². The highest BCUT2D eigenvalue weighted by Gasteiger charge is 2.09. The number of anilines is 1. The summed E-state index contributed by atoms with van der Waals surface area (Å²) in [4.78, 5) is 14.4. The lowest BCUT2D eigenvalue weighted by Crippen LogP contribution is -2.08. The minimum absolute atomic E-state index is 0.217. The maximum atomic E-state index is 12.3. The molecule has 2 aromatic carbocycles. The van der Waals surface area contributed by atoms with E-state index >= 15 is 0 Å². The Morgan fingerprint density at radius 1 is 1.15 bits per heavy atom. The fourth-order valence-electron chi connectivity index (χ4n) is 2.44. The SMILES string of the molecule is Cc1nn(C)c(Cl)c1/C=C/C(=O)Nc1ccccc1Sc1ccccc1. The Balaban J connectivity index is 1.74. The number of nitrogens with zero attached hydrogens (tertiary/aromatic N) is 2. The van der Waals surface area contributed by atoms with Crippen molar-refractivity contribution in [3.05, 3.63) is 77.1 Å². The van der Waals surface area contributed by atoms with Gasteiger partial charge in [-0.3, -0.25) is 9.48 Å². The molecular weight excluding hydrogens is 366 g/mol. The second-order valence-corrected chi connectivity index (χ2v) is 7.12. The van der Waals surface area contributed by atoms with Gasteiger partial charge in [-0.05, 0) is 37.3 Å². The van der Waals surface area contributed by atoms with Gasteiger partial charge in [0.1, 0.15) is 5.15 Å². The first-order valence-corrected chi connectivity index (χ1v) is 9.24. The van der Waals surface area contributed by atoms with Gasteiger partial charge in [0.2, 0.25) is 5.91 Å². The number of hydrogen-bond acceptors (Lipinski definition) is 3. The summed E-state index contributed by atoms with van der Waals surface area (Å²) in [6, 6.07) is 17.8. The van der Waals surface area contributed by atoms with Gasteiger partial charge >= 0.3 is 0 Å². The maximum Gasteiger partial charge on any atom is 0.248 e. The number of hydrogen-bond donors (Lipinski definition) is 1. The lowest BCUT2D eigenvalue weighted by atomic mass is 10.2. The van der Waals surface area contributed by atoms with Gasteiger partial charge in [-0.15, -0.1) is 0 Å². The predicted octanol–water partition coefficient (Wildman–Crippen LogP) is 5.19. The summed E-state index contributed by atoms with van der Waals surface area (Å²) in [7, 11) is 1.77. The van der Waals surface area contributed by atoms with Gasteiger partial charge in [-0.2, -0.15) is 5.10 Å². The molecule has 0 bridgehead atoms. The van der Waals surface area contributed by atoms with E-state index in [1.807, 2.05) is 61.5 Å². The van der Waals surface area contributed by atoms with Crippen LogP contribution in [0.25, 0.3) is 6.08 Å². The van der Waals surface area contributed by atoms with Crippen molar-refractivity contribution in [2.45, 2.75) is 16.7 Å². The summed E-state index contributed by atoms with van der Waals surface area (Å²) in [5.74, 6) is -0.217. The van der Waals surface area contributed by atoms with E-state index in [4.69, 9.17) is 11.6 Å². The fourth-order valence-corrected chi connectivity index (χ4v) is 3.60. The average molecular weight is 384 g/mol. The topological polar surface area (TPSA) is 46.9 Å². The zero-order chi connectivity index (χ0) is 18.5. The second-order valence-electron chi connectivity index (χ2n) is 5.65. The minimum atomic E-state index is -0.217. The third-order valence-corrected chi connectivity index (χ3v) is 5.25. The van der Waals surface area contributed by atoms with E-state index < -0.39 is 0 Å². The molecule has 1 amide bonds. The molecule has 0 radical (unpaired) electrons. The fraction of sp³-hybridized carbons (Fsp3) is 0.100. The predicted molar refractivity (Wildman–Crippen MR) is 108 cm³/mol. The average Bonchev–Trinajstić information content (AvgIpc) is 2.88. The number of para-hydroxylation sites is 1. The largest absolute Gasteiger partial charge is 0.321 e. The van der Waals surface area contributed by atoms with Crippen LogP contribution in [0, 0.1) is 6.92 Å². The van der Waals surface area contributed by atoms with Gasteiger partial charge in [-0.1, -0.05) is 53.7 Å². The minimum Gasteiger partial charge on any atom is -0.321 e. The monoisotopic (exact) mass is 383 g/mol. The van der Waals surface area contributed by atoms with E-state index in [-0.39, 0.29) is 5.91 Å². The Morgan fingerprint density at radius 3 is 2.54 bits per heavy atom. The lowest BCUT2D eigenvalue weighted by molar-refractivity contribution is -0.111. The van der Waals surface area contributed by atoms with Gasteiger partial charge in [0.05, 0.1) is 11.4 Å². The van der Waals surface area contributed by atoms with Crippen molar-refractivity contribution >= 4 is 41.0 Å². The van der Waals surface area contributed by atoms with Crippen molar-refractivity contribution in [2.75, 3.05) is 5.32 Å². The first-order valence-electron chi connectivity index (χ1n) is 8.04. The number of amides is 1. The smallest absolute Gasteiger partial charge is 0.248 e. The highest BCUT2D eigenvalue weighted by atomic mass is 35.5. The van der Waals surface area contributed by atoms with Gasteiger partial charge < -0.3 is 5.32 Å². The first-order chi connectivity index (χ1) is 12.5. The Morgan fingerprint density at radius 2 is 1.85 bits per heavy atom. The van der Waals surface area contributed by atoms with E-state index in [0.29, 0.717) is 5.15 Å². The molecule has 0 unspecified atom stereocenters. The molecule has 132 valence electrons. The zero-order valence-corrected chi connectivity index (χ0v) is 16.0. The van der Waals surface area contributed by atoms with Crippen LogP contribution in [0.3, 0.4) is 0 Å². The van der Waals surface area contributed by atoms with E-state index in [1.54, 1.807) is 29.6 Å². The van der Waals surface area contributed by atoms with Gasteiger partial charge in [0.15, 0.2) is 0 Å². The lowest BCUT2D eigenvalue weighted by Gasteiger charge is -2.09. The van der Waals surface area contributed by atoms with Gasteiger partial charge in [-0.25, -0.2) is 0 Å². The molecule has 0 aliphatic heterocycles. The van der Waals surface area contributed by atoms with Crippen LogP contribution in [0.5, 0.6) is 0 Å². The summed E-state index contributed by atoms with van der Waals surface area (Å²) in [6.07, 6.45) is 3.16. The number of carbonyl (C=O) groups is 1. The van der Waals surface area contributed by atoms with Crippen LogP contribution in [0.2, 0.25) is 5.15 Å². The molecule has 0 spiro atoms. The molecule has 0 aliphatic rings. The number of aromatic nitrogens is 2. The van der Waals surface area contributed by atoms with Crippen LogP contribution < -0.4 is 5.32 Å². The van der Waals surface area contributed by atoms with Gasteiger partial charge in [0.25, 0.3) is 0 Å². The maximum absolute atomic E-state index is 12.3. The van der Waals surface area contributed by atoms with E-state index in [0.717, 1.165) is 26.7 Å². The second kappa shape index (κ2) is 8.25. The molecule has 1 heterocycles. The van der Waals surface area contributed by atoms with Gasteiger partial charge in [0, 0.05) is 28.5 Å². The quantitative estimate of drug-likeness (QED) is 0.617. The molecule has 26 heavy (non-hydrogen) atoms. The molecule has 3 rings (SSSR count). The molecule has 0 fully saturated rings. The Kier molecular flexibility index (Phi) is 5.81. The molecule has 4 nitrogen and oxygen atoms in total. The normalized spacial score (nSPS) is 11.0. The Labute approximate surface area is 161 Å². The van der Waals surface area contributed by atoms with E-state index in [2.05, 4.69) is 10.4 Å². The van der Waals surface area contributed by atoms with E-state index in [9.17, 15) is 4.79 Å². The standard InChI is InChI=1S/C20H18ClN3OS/c1-14-16(20(21)24(2)23-14)12-13-19(25)22-17-10-6-7-11-18(17)26-15-8-4-3-5-9-15/h3-13H,1-2H3,(H,22,25)/b13-12+. The molecule has 1 N–H and O–H groups in total. The van der Waals surface area contributed by atoms with Crippen LogP contribution in [-0.2, 0) is 11.8 Å². The Bertz CT molecular complexity index is 951. The van der Waals surface area contributed by atoms with Crippen molar-refractivity contribution in [2.24, 2.45) is 7.05 Å². The van der Waals surface area contributed by atoms with Crippen LogP contribution in [0.1, 0.15) is 11.3 Å². The number of carbonyl (C=O) groups excluding carboxylic acids is 1. The highest BCUT2D eigenvalue weighted by molar-refractivity contribution is 7.99. The summed E-state index contributed by atoms with van der Waals surface area (Å²) >= 11 is 7.79. The molecule has 1 aromatic heterocycles. The zero-order valence-electron chi connectivity index (χ0n) is 14.4. The summed E-state index contributed by atoms with van der Waals surface area (Å²) in [5.41, 5.74) is 2.29. The van der Waals surface area contributed by atoms with Crippen LogP contribution in [0.4, 0.5) is 5.69 Å². The van der Waals surface area contributed by atoms with Crippen LogP contribution in [0.15, 0.2) is 70.5 Å². The molecule has 3 aromatic rings. The molecule has 0 aliphatic carbocycles. The Hall–Kier alpha value is -2.50. The first kappa shape index (κ1) is 18.3. The third-order valence-electron chi connectivity index (χ3n) is 3.71.